The molecule has 2 aromatic heterocycles. The lowest BCUT2D eigenvalue weighted by Crippen LogP contribution is -2.63. The van der Waals surface area contributed by atoms with Gasteiger partial charge < -0.3 is 9.80 Å². The molecule has 0 radical (unpaired) electrons. The topological polar surface area (TPSA) is 48.4 Å². The first-order valence-electron chi connectivity index (χ1n) is 8.85. The van der Waals surface area contributed by atoms with Gasteiger partial charge in [0.25, 0.3) is 0 Å². The summed E-state index contributed by atoms with van der Waals surface area (Å²) in [5, 5.41) is 11.1. The largest absolute Gasteiger partial charge is 0.354 e. The molecule has 0 atom stereocenters. The van der Waals surface area contributed by atoms with Gasteiger partial charge in [-0.25, -0.2) is 4.98 Å². The van der Waals surface area contributed by atoms with E-state index in [4.69, 9.17) is 0 Å². The van der Waals surface area contributed by atoms with E-state index in [1.165, 1.54) is 17.8 Å². The molecule has 6 nitrogen and oxygen atoms in total. The fraction of sp³-hybridized carbons (Fsp3) is 0.588. The third-order valence-electron chi connectivity index (χ3n) is 5.29. The Kier molecular flexibility index (Phi) is 3.63. The fourth-order valence-corrected chi connectivity index (χ4v) is 4.58. The molecule has 0 spiro atoms. The number of nitrogens with zero attached hydrogens (tertiary/aromatic N) is 6. The van der Waals surface area contributed by atoms with Gasteiger partial charge in [-0.1, -0.05) is 17.4 Å². The van der Waals surface area contributed by atoms with Gasteiger partial charge in [0, 0.05) is 57.4 Å². The molecule has 0 unspecified atom stereocenters. The number of piperazine rings is 1. The molecule has 24 heavy (non-hydrogen) atoms. The highest BCUT2D eigenvalue weighted by Crippen LogP contribution is 2.43. The van der Waals surface area contributed by atoms with E-state index in [1.54, 1.807) is 11.3 Å². The Morgan fingerprint density at radius 3 is 2.50 bits per heavy atom. The number of pyridine rings is 1. The van der Waals surface area contributed by atoms with E-state index < -0.39 is 0 Å². The van der Waals surface area contributed by atoms with Crippen molar-refractivity contribution in [3.63, 3.8) is 0 Å². The van der Waals surface area contributed by atoms with E-state index in [1.807, 2.05) is 12.3 Å². The molecule has 3 fully saturated rings. The van der Waals surface area contributed by atoms with Crippen LogP contribution in [0.3, 0.4) is 0 Å². The van der Waals surface area contributed by atoms with Crippen LogP contribution in [0.4, 0.5) is 10.9 Å². The van der Waals surface area contributed by atoms with E-state index in [0.717, 1.165) is 50.2 Å². The summed E-state index contributed by atoms with van der Waals surface area (Å²) in [6, 6.07) is 6.82. The van der Waals surface area contributed by atoms with Gasteiger partial charge in [0.2, 0.25) is 5.13 Å². The molecule has 2 saturated heterocycles. The van der Waals surface area contributed by atoms with E-state index in [9.17, 15) is 0 Å². The molecule has 126 valence electrons. The van der Waals surface area contributed by atoms with Gasteiger partial charge in [0.05, 0.1) is 0 Å². The molecule has 0 N–H and O–H groups in total. The molecule has 1 aliphatic carbocycles. The van der Waals surface area contributed by atoms with Crippen molar-refractivity contribution in [3.8, 4) is 0 Å². The van der Waals surface area contributed by atoms with Crippen molar-refractivity contribution in [1.29, 1.82) is 0 Å². The molecule has 2 aliphatic heterocycles. The lowest BCUT2D eigenvalue weighted by atomic mass is 10.1. The average molecular weight is 342 g/mol. The van der Waals surface area contributed by atoms with E-state index in [2.05, 4.69) is 42.0 Å². The quantitative estimate of drug-likeness (QED) is 0.845. The van der Waals surface area contributed by atoms with Crippen molar-refractivity contribution >= 4 is 22.3 Å². The molecule has 2 aromatic rings. The van der Waals surface area contributed by atoms with Gasteiger partial charge in [-0.05, 0) is 25.0 Å². The fourth-order valence-electron chi connectivity index (χ4n) is 3.55. The monoisotopic (exact) mass is 342 g/mol. The van der Waals surface area contributed by atoms with Crippen LogP contribution in [0.1, 0.15) is 23.8 Å². The predicted molar refractivity (Wildman–Crippen MR) is 95.9 cm³/mol. The zero-order valence-corrected chi connectivity index (χ0v) is 14.5. The van der Waals surface area contributed by atoms with Crippen molar-refractivity contribution in [3.05, 3.63) is 29.4 Å². The number of aromatic nitrogens is 3. The summed E-state index contributed by atoms with van der Waals surface area (Å²) < 4.78 is 0. The summed E-state index contributed by atoms with van der Waals surface area (Å²) in [7, 11) is 0. The number of hydrogen-bond acceptors (Lipinski definition) is 7. The highest BCUT2D eigenvalue weighted by molar-refractivity contribution is 7.15. The summed E-state index contributed by atoms with van der Waals surface area (Å²) in [5.41, 5.74) is 0. The van der Waals surface area contributed by atoms with Gasteiger partial charge >= 0.3 is 0 Å². The summed E-state index contributed by atoms with van der Waals surface area (Å²) in [4.78, 5) is 11.9. The van der Waals surface area contributed by atoms with Gasteiger partial charge in [-0.15, -0.1) is 10.2 Å². The van der Waals surface area contributed by atoms with Gasteiger partial charge in [0.1, 0.15) is 10.8 Å². The number of anilines is 2. The Labute approximate surface area is 146 Å². The molecule has 4 heterocycles. The summed E-state index contributed by atoms with van der Waals surface area (Å²) in [5.74, 6) is 1.82. The Morgan fingerprint density at radius 1 is 0.958 bits per heavy atom. The molecule has 5 rings (SSSR count). The second-order valence-corrected chi connectivity index (χ2v) is 7.95. The molecule has 0 aromatic carbocycles. The minimum atomic E-state index is 0.671. The van der Waals surface area contributed by atoms with Crippen molar-refractivity contribution in [2.45, 2.75) is 24.8 Å². The van der Waals surface area contributed by atoms with Crippen LogP contribution in [0.15, 0.2) is 24.4 Å². The third-order valence-corrected chi connectivity index (χ3v) is 6.44. The Morgan fingerprint density at radius 2 is 1.79 bits per heavy atom. The number of hydrogen-bond donors (Lipinski definition) is 0. The van der Waals surface area contributed by atoms with Crippen LogP contribution in [-0.2, 0) is 0 Å². The summed E-state index contributed by atoms with van der Waals surface area (Å²) in [6.45, 7) is 6.58. The first-order chi connectivity index (χ1) is 11.9. The smallest absolute Gasteiger partial charge is 0.208 e. The maximum atomic E-state index is 4.47. The standard InChI is InChI=1S/C17H22N6S/c1-2-6-18-15(3-1)22-9-7-21(8-10-22)14-11-23(12-14)17-20-19-16(24-17)13-4-5-13/h1-3,6,13-14H,4-5,7-12H2. The van der Waals surface area contributed by atoms with Crippen molar-refractivity contribution in [1.82, 2.24) is 20.1 Å². The van der Waals surface area contributed by atoms with Crippen molar-refractivity contribution in [2.24, 2.45) is 0 Å². The van der Waals surface area contributed by atoms with E-state index in [0.29, 0.717) is 12.0 Å². The SMILES string of the molecule is c1ccc(N2CCN(C3CN(c4nnc(C5CC5)s4)C3)CC2)nc1. The van der Waals surface area contributed by atoms with Crippen LogP contribution < -0.4 is 9.80 Å². The zero-order valence-electron chi connectivity index (χ0n) is 13.7. The molecule has 0 amide bonds. The van der Waals surface area contributed by atoms with Gasteiger partial charge in [-0.2, -0.15) is 0 Å². The maximum Gasteiger partial charge on any atom is 0.208 e. The third kappa shape index (κ3) is 2.75. The van der Waals surface area contributed by atoms with E-state index >= 15 is 0 Å². The van der Waals surface area contributed by atoms with Gasteiger partial charge in [0.15, 0.2) is 0 Å². The Hall–Kier alpha value is -1.73. The molecule has 1 saturated carbocycles. The van der Waals surface area contributed by atoms with E-state index in [-0.39, 0.29) is 0 Å². The van der Waals surface area contributed by atoms with Crippen LogP contribution in [0.5, 0.6) is 0 Å². The first-order valence-corrected chi connectivity index (χ1v) is 9.67. The molecule has 0 bridgehead atoms. The van der Waals surface area contributed by atoms with Crippen molar-refractivity contribution < 1.29 is 0 Å². The summed E-state index contributed by atoms with van der Waals surface area (Å²) >= 11 is 1.80. The van der Waals surface area contributed by atoms with Crippen molar-refractivity contribution in [2.75, 3.05) is 49.1 Å². The highest BCUT2D eigenvalue weighted by atomic mass is 32.1. The second-order valence-electron chi connectivity index (χ2n) is 6.97. The Bertz CT molecular complexity index is 686. The normalized spacial score (nSPS) is 22.7. The van der Waals surface area contributed by atoms with Crippen LogP contribution in [0.2, 0.25) is 0 Å². The highest BCUT2D eigenvalue weighted by Gasteiger charge is 2.36. The second kappa shape index (κ2) is 5.97. The molecule has 3 aliphatic rings. The first kappa shape index (κ1) is 14.6. The van der Waals surface area contributed by atoms with Crippen LogP contribution >= 0.6 is 11.3 Å². The number of rotatable bonds is 4. The molecule has 7 heteroatoms. The summed E-state index contributed by atoms with van der Waals surface area (Å²) in [6.07, 6.45) is 4.49. The molecular weight excluding hydrogens is 320 g/mol. The minimum Gasteiger partial charge on any atom is -0.354 e. The lowest BCUT2D eigenvalue weighted by molar-refractivity contribution is 0.157. The Balaban J connectivity index is 1.13. The molecular formula is C17H22N6S. The lowest BCUT2D eigenvalue weighted by Gasteiger charge is -2.48. The maximum absolute atomic E-state index is 4.47. The van der Waals surface area contributed by atoms with Crippen LogP contribution in [0, 0.1) is 0 Å². The predicted octanol–water partition coefficient (Wildman–Crippen LogP) is 1.82. The zero-order chi connectivity index (χ0) is 15.9. The van der Waals surface area contributed by atoms with Crippen LogP contribution in [-0.4, -0.2) is 65.4 Å². The van der Waals surface area contributed by atoms with Gasteiger partial charge in [-0.3, -0.25) is 4.90 Å². The minimum absolute atomic E-state index is 0.671. The van der Waals surface area contributed by atoms with Crippen LogP contribution in [0.25, 0.3) is 0 Å². The average Bonchev–Trinajstić information content (AvgIpc) is 3.34.